The van der Waals surface area contributed by atoms with E-state index in [1.165, 1.54) is 7.11 Å². The molecule has 0 aromatic carbocycles. The first-order valence-corrected chi connectivity index (χ1v) is 5.96. The van der Waals surface area contributed by atoms with E-state index in [0.29, 0.717) is 0 Å². The van der Waals surface area contributed by atoms with Gasteiger partial charge in [-0.25, -0.2) is 4.79 Å². The van der Waals surface area contributed by atoms with E-state index in [4.69, 9.17) is 4.74 Å². The van der Waals surface area contributed by atoms with Crippen LogP contribution in [0.15, 0.2) is 12.2 Å². The molecule has 3 nitrogen and oxygen atoms in total. The number of esters is 1. The molecule has 3 saturated carbocycles. The van der Waals surface area contributed by atoms with Crippen molar-refractivity contribution in [2.45, 2.75) is 44.1 Å². The van der Waals surface area contributed by atoms with Crippen LogP contribution >= 0.6 is 0 Å². The predicted octanol–water partition coefficient (Wildman–Crippen LogP) is 2.46. The minimum Gasteiger partial charge on any atom is -0.466 e. The first-order valence-electron chi connectivity index (χ1n) is 5.96. The van der Waals surface area contributed by atoms with Crippen LogP contribution in [0.2, 0.25) is 0 Å². The van der Waals surface area contributed by atoms with Gasteiger partial charge >= 0.3 is 5.97 Å². The largest absolute Gasteiger partial charge is 0.466 e. The first kappa shape index (κ1) is 11.6. The molecule has 3 rings (SSSR count). The average molecular weight is 224 g/mol. The maximum atomic E-state index is 11.1. The van der Waals surface area contributed by atoms with Crippen LogP contribution < -0.4 is 0 Å². The number of carbonyl (C=O) groups is 1. The molecule has 0 atom stereocenters. The summed E-state index contributed by atoms with van der Waals surface area (Å²) < 4.78 is 10.3. The molecule has 0 unspecified atom stereocenters. The monoisotopic (exact) mass is 224 g/mol. The van der Waals surface area contributed by atoms with Crippen molar-refractivity contribution in [2.75, 3.05) is 14.2 Å². The van der Waals surface area contributed by atoms with E-state index >= 15 is 0 Å². The number of ether oxygens (including phenoxy) is 2. The number of fused-ring (bicyclic) bond motifs is 3. The van der Waals surface area contributed by atoms with Crippen LogP contribution in [0.4, 0.5) is 0 Å². The van der Waals surface area contributed by atoms with Crippen molar-refractivity contribution in [3.05, 3.63) is 12.2 Å². The standard InChI is InChI=1S/C13H20O3/c1-15-11(14)3-4-12-5-8-13(16-2,9-6-12)10-7-12/h3-4H,5-10H2,1-2H3/b4-3-. The second-order valence-corrected chi connectivity index (χ2v) is 5.11. The van der Waals surface area contributed by atoms with Crippen LogP contribution in [0.1, 0.15) is 38.5 Å². The minimum absolute atomic E-state index is 0.140. The number of hydrogen-bond acceptors (Lipinski definition) is 3. The average Bonchev–Trinajstić information content (AvgIpc) is 2.38. The van der Waals surface area contributed by atoms with Gasteiger partial charge in [-0.1, -0.05) is 6.08 Å². The van der Waals surface area contributed by atoms with E-state index in [-0.39, 0.29) is 17.0 Å². The number of hydrogen-bond donors (Lipinski definition) is 0. The van der Waals surface area contributed by atoms with Crippen LogP contribution in [-0.4, -0.2) is 25.8 Å². The maximum absolute atomic E-state index is 11.1. The molecule has 16 heavy (non-hydrogen) atoms. The lowest BCUT2D eigenvalue weighted by molar-refractivity contribution is -0.135. The molecule has 3 heteroatoms. The highest BCUT2D eigenvalue weighted by Crippen LogP contribution is 2.54. The number of methoxy groups -OCH3 is 2. The van der Waals surface area contributed by atoms with Gasteiger partial charge in [0.1, 0.15) is 0 Å². The number of rotatable bonds is 3. The SMILES string of the molecule is COC(=O)/C=C\C12CCC(OC)(CC1)CC2. The molecule has 0 aromatic heterocycles. The van der Waals surface area contributed by atoms with Crippen LogP contribution in [0.3, 0.4) is 0 Å². The van der Waals surface area contributed by atoms with Gasteiger partial charge in [-0.3, -0.25) is 0 Å². The highest BCUT2D eigenvalue weighted by atomic mass is 16.5. The summed E-state index contributed by atoms with van der Waals surface area (Å²) in [4.78, 5) is 11.1. The lowest BCUT2D eigenvalue weighted by atomic mass is 9.58. The Hall–Kier alpha value is -0.830. The zero-order valence-corrected chi connectivity index (χ0v) is 10.1. The van der Waals surface area contributed by atoms with Gasteiger partial charge in [-0.2, -0.15) is 0 Å². The predicted molar refractivity (Wildman–Crippen MR) is 61.0 cm³/mol. The molecule has 0 heterocycles. The molecule has 0 radical (unpaired) electrons. The maximum Gasteiger partial charge on any atom is 0.330 e. The Morgan fingerprint density at radius 1 is 1.06 bits per heavy atom. The minimum atomic E-state index is -0.247. The Labute approximate surface area is 96.8 Å². The fourth-order valence-electron chi connectivity index (χ4n) is 3.05. The van der Waals surface area contributed by atoms with Gasteiger partial charge in [0, 0.05) is 13.2 Å². The number of carbonyl (C=O) groups excluding carboxylic acids is 1. The molecule has 0 aromatic rings. The Kier molecular flexibility index (Phi) is 3.06. The molecular weight excluding hydrogens is 204 g/mol. The van der Waals surface area contributed by atoms with Crippen molar-refractivity contribution in [3.63, 3.8) is 0 Å². The lowest BCUT2D eigenvalue weighted by Gasteiger charge is -2.51. The Morgan fingerprint density at radius 2 is 1.62 bits per heavy atom. The van der Waals surface area contributed by atoms with Gasteiger partial charge in [0.2, 0.25) is 0 Å². The summed E-state index contributed by atoms with van der Waals surface area (Å²) in [6.45, 7) is 0. The van der Waals surface area contributed by atoms with E-state index in [9.17, 15) is 4.79 Å². The van der Waals surface area contributed by atoms with E-state index in [1.807, 2.05) is 7.11 Å². The second-order valence-electron chi connectivity index (χ2n) is 5.11. The Morgan fingerprint density at radius 3 is 2.06 bits per heavy atom. The third-order valence-corrected chi connectivity index (χ3v) is 4.44. The summed E-state index contributed by atoms with van der Waals surface area (Å²) in [6, 6.07) is 0. The van der Waals surface area contributed by atoms with Crippen LogP contribution in [0, 0.1) is 5.41 Å². The van der Waals surface area contributed by atoms with Crippen molar-refractivity contribution < 1.29 is 14.3 Å². The van der Waals surface area contributed by atoms with Gasteiger partial charge < -0.3 is 9.47 Å². The zero-order chi connectivity index (χ0) is 11.6. The molecule has 3 aliphatic carbocycles. The highest BCUT2D eigenvalue weighted by Gasteiger charge is 2.47. The molecule has 3 fully saturated rings. The molecule has 0 N–H and O–H groups in total. The van der Waals surface area contributed by atoms with Crippen LogP contribution in [-0.2, 0) is 14.3 Å². The highest BCUT2D eigenvalue weighted by molar-refractivity contribution is 5.81. The summed E-state index contributed by atoms with van der Waals surface area (Å²) in [6.07, 6.45) is 10.4. The quantitative estimate of drug-likeness (QED) is 0.545. The fraction of sp³-hybridized carbons (Fsp3) is 0.769. The molecule has 0 spiro atoms. The summed E-state index contributed by atoms with van der Waals surface area (Å²) >= 11 is 0. The summed E-state index contributed by atoms with van der Waals surface area (Å²) in [7, 11) is 3.24. The normalized spacial score (nSPS) is 37.9. The zero-order valence-electron chi connectivity index (χ0n) is 10.1. The van der Waals surface area contributed by atoms with Gasteiger partial charge in [0.05, 0.1) is 12.7 Å². The molecule has 2 bridgehead atoms. The summed E-state index contributed by atoms with van der Waals surface area (Å²) in [5.41, 5.74) is 0.370. The Bertz CT molecular complexity index is 282. The van der Waals surface area contributed by atoms with E-state index in [1.54, 1.807) is 6.08 Å². The van der Waals surface area contributed by atoms with E-state index < -0.39 is 0 Å². The van der Waals surface area contributed by atoms with Gasteiger partial charge in [0.25, 0.3) is 0 Å². The summed E-state index contributed by atoms with van der Waals surface area (Å²) in [5.74, 6) is -0.247. The van der Waals surface area contributed by atoms with Crippen molar-refractivity contribution in [1.29, 1.82) is 0 Å². The second kappa shape index (κ2) is 4.21. The molecule has 0 aliphatic heterocycles. The third-order valence-electron chi connectivity index (χ3n) is 4.44. The van der Waals surface area contributed by atoms with Crippen molar-refractivity contribution in [1.82, 2.24) is 0 Å². The van der Waals surface area contributed by atoms with Crippen molar-refractivity contribution in [3.8, 4) is 0 Å². The van der Waals surface area contributed by atoms with E-state index in [0.717, 1.165) is 38.5 Å². The van der Waals surface area contributed by atoms with E-state index in [2.05, 4.69) is 10.8 Å². The first-order chi connectivity index (χ1) is 7.64. The lowest BCUT2D eigenvalue weighted by Crippen LogP contribution is -2.46. The molecule has 90 valence electrons. The Balaban J connectivity index is 2.02. The fourth-order valence-corrected chi connectivity index (χ4v) is 3.05. The molecule has 3 aliphatic rings. The summed E-state index contributed by atoms with van der Waals surface area (Å²) in [5, 5.41) is 0. The molecule has 0 amide bonds. The van der Waals surface area contributed by atoms with Gasteiger partial charge in [-0.15, -0.1) is 0 Å². The number of allylic oxidation sites excluding steroid dienone is 1. The van der Waals surface area contributed by atoms with Crippen molar-refractivity contribution >= 4 is 5.97 Å². The van der Waals surface area contributed by atoms with Crippen molar-refractivity contribution in [2.24, 2.45) is 5.41 Å². The smallest absolute Gasteiger partial charge is 0.330 e. The third kappa shape index (κ3) is 2.01. The molecular formula is C13H20O3. The van der Waals surface area contributed by atoms with Gasteiger partial charge in [-0.05, 0) is 43.9 Å². The van der Waals surface area contributed by atoms with Crippen LogP contribution in [0.5, 0.6) is 0 Å². The topological polar surface area (TPSA) is 35.5 Å². The van der Waals surface area contributed by atoms with Gasteiger partial charge in [0.15, 0.2) is 0 Å². The van der Waals surface area contributed by atoms with Crippen LogP contribution in [0.25, 0.3) is 0 Å². The molecule has 0 saturated heterocycles.